The first kappa shape index (κ1) is 11.4. The Morgan fingerprint density at radius 3 is 3.07 bits per heavy atom. The van der Waals surface area contributed by atoms with E-state index in [1.807, 2.05) is 7.05 Å². The number of rotatable bonds is 4. The number of carbonyl (C=O) groups is 1. The molecule has 1 atom stereocenters. The molecule has 0 unspecified atom stereocenters. The van der Waals surface area contributed by atoms with Crippen LogP contribution in [0.2, 0.25) is 0 Å². The summed E-state index contributed by atoms with van der Waals surface area (Å²) in [6.07, 6.45) is -0.300. The zero-order chi connectivity index (χ0) is 10.4. The Balaban J connectivity index is 2.30. The number of nitrogens with zero attached hydrogens (tertiary/aromatic N) is 1. The fraction of sp³-hybridized carbons (Fsp3) is 0.889. The molecule has 0 aromatic heterocycles. The zero-order valence-corrected chi connectivity index (χ0v) is 8.88. The number of ether oxygens (including phenoxy) is 1. The second kappa shape index (κ2) is 5.95. The summed E-state index contributed by atoms with van der Waals surface area (Å²) in [5.41, 5.74) is 0. The van der Waals surface area contributed by atoms with Gasteiger partial charge in [0.15, 0.2) is 0 Å². The standard InChI is InChI=1S/C9H19N3O2/c1-10-3-5-12(2)9(13)8-7-11-4-6-14-8/h8,10-11H,3-7H2,1-2H3/t8-/m1/s1. The summed E-state index contributed by atoms with van der Waals surface area (Å²) in [6.45, 7) is 3.61. The number of hydrogen-bond donors (Lipinski definition) is 2. The van der Waals surface area contributed by atoms with E-state index in [4.69, 9.17) is 4.74 Å². The Morgan fingerprint density at radius 1 is 1.71 bits per heavy atom. The maximum absolute atomic E-state index is 11.7. The van der Waals surface area contributed by atoms with Crippen LogP contribution in [0.3, 0.4) is 0 Å². The number of amides is 1. The highest BCUT2D eigenvalue weighted by atomic mass is 16.5. The van der Waals surface area contributed by atoms with Crippen LogP contribution in [0.1, 0.15) is 0 Å². The topological polar surface area (TPSA) is 53.6 Å². The highest BCUT2D eigenvalue weighted by Crippen LogP contribution is 2.00. The van der Waals surface area contributed by atoms with Gasteiger partial charge in [-0.1, -0.05) is 0 Å². The van der Waals surface area contributed by atoms with E-state index in [0.29, 0.717) is 13.2 Å². The Kier molecular flexibility index (Phi) is 4.86. The maximum Gasteiger partial charge on any atom is 0.252 e. The minimum absolute atomic E-state index is 0.0625. The quantitative estimate of drug-likeness (QED) is 0.591. The molecule has 0 aromatic rings. The van der Waals surface area contributed by atoms with Crippen molar-refractivity contribution < 1.29 is 9.53 Å². The van der Waals surface area contributed by atoms with Gasteiger partial charge in [0.1, 0.15) is 6.10 Å². The molecular formula is C9H19N3O2. The van der Waals surface area contributed by atoms with Gasteiger partial charge in [-0.15, -0.1) is 0 Å². The molecule has 14 heavy (non-hydrogen) atoms. The van der Waals surface area contributed by atoms with Crippen LogP contribution in [0.25, 0.3) is 0 Å². The lowest BCUT2D eigenvalue weighted by atomic mass is 10.2. The normalized spacial score (nSPS) is 22.0. The van der Waals surface area contributed by atoms with Crippen molar-refractivity contribution in [1.29, 1.82) is 0 Å². The molecule has 1 saturated heterocycles. The van der Waals surface area contributed by atoms with Gasteiger partial charge >= 0.3 is 0 Å². The van der Waals surface area contributed by atoms with Gasteiger partial charge in [0.2, 0.25) is 0 Å². The van der Waals surface area contributed by atoms with E-state index in [9.17, 15) is 4.79 Å². The van der Waals surface area contributed by atoms with Crippen molar-refractivity contribution in [3.05, 3.63) is 0 Å². The fourth-order valence-electron chi connectivity index (χ4n) is 1.36. The molecule has 1 aliphatic rings. The summed E-state index contributed by atoms with van der Waals surface area (Å²) in [4.78, 5) is 13.4. The summed E-state index contributed by atoms with van der Waals surface area (Å²) in [5, 5.41) is 6.14. The summed E-state index contributed by atoms with van der Waals surface area (Å²) in [6, 6.07) is 0. The number of hydrogen-bond acceptors (Lipinski definition) is 4. The third-order valence-corrected chi connectivity index (χ3v) is 2.28. The predicted octanol–water partition coefficient (Wildman–Crippen LogP) is -1.35. The van der Waals surface area contributed by atoms with Crippen molar-refractivity contribution in [3.8, 4) is 0 Å². The lowest BCUT2D eigenvalue weighted by Gasteiger charge is -2.27. The second-order valence-electron chi connectivity index (χ2n) is 3.43. The molecule has 0 spiro atoms. The van der Waals surface area contributed by atoms with E-state index >= 15 is 0 Å². The summed E-state index contributed by atoms with van der Waals surface area (Å²) in [5.74, 6) is 0.0625. The Morgan fingerprint density at radius 2 is 2.50 bits per heavy atom. The number of likely N-dealkylation sites (N-methyl/N-ethyl adjacent to an activating group) is 2. The molecular weight excluding hydrogens is 182 g/mol. The Hall–Kier alpha value is -0.650. The molecule has 1 rings (SSSR count). The first-order valence-electron chi connectivity index (χ1n) is 4.97. The Labute approximate surface area is 84.8 Å². The number of morpholine rings is 1. The third kappa shape index (κ3) is 3.25. The van der Waals surface area contributed by atoms with Crippen molar-refractivity contribution in [2.24, 2.45) is 0 Å². The van der Waals surface area contributed by atoms with Gasteiger partial charge in [0, 0.05) is 33.2 Å². The largest absolute Gasteiger partial charge is 0.366 e. The van der Waals surface area contributed by atoms with Crippen molar-refractivity contribution in [2.75, 3.05) is 46.9 Å². The van der Waals surface area contributed by atoms with Gasteiger partial charge in [0.25, 0.3) is 5.91 Å². The van der Waals surface area contributed by atoms with Crippen LogP contribution in [-0.4, -0.2) is 63.8 Å². The molecule has 1 aliphatic heterocycles. The molecule has 5 heteroatoms. The van der Waals surface area contributed by atoms with Crippen molar-refractivity contribution in [1.82, 2.24) is 15.5 Å². The summed E-state index contributed by atoms with van der Waals surface area (Å²) >= 11 is 0. The average molecular weight is 201 g/mol. The van der Waals surface area contributed by atoms with Gasteiger partial charge in [-0.3, -0.25) is 4.79 Å². The number of carbonyl (C=O) groups excluding carboxylic acids is 1. The smallest absolute Gasteiger partial charge is 0.252 e. The van der Waals surface area contributed by atoms with Gasteiger partial charge in [-0.2, -0.15) is 0 Å². The first-order valence-corrected chi connectivity index (χ1v) is 4.97. The molecule has 1 amide bonds. The molecule has 1 fully saturated rings. The van der Waals surface area contributed by atoms with Crippen LogP contribution in [0, 0.1) is 0 Å². The minimum atomic E-state index is -0.300. The highest BCUT2D eigenvalue weighted by Gasteiger charge is 2.24. The molecule has 0 aliphatic carbocycles. The first-order chi connectivity index (χ1) is 6.75. The van der Waals surface area contributed by atoms with Crippen LogP contribution in [-0.2, 0) is 9.53 Å². The Bertz CT molecular complexity index is 181. The molecule has 2 N–H and O–H groups in total. The van der Waals surface area contributed by atoms with Gasteiger partial charge in [-0.05, 0) is 7.05 Å². The van der Waals surface area contributed by atoms with Crippen LogP contribution in [0.4, 0.5) is 0 Å². The lowest BCUT2D eigenvalue weighted by Crippen LogP contribution is -2.49. The van der Waals surface area contributed by atoms with E-state index < -0.39 is 0 Å². The van der Waals surface area contributed by atoms with Crippen LogP contribution in [0.15, 0.2) is 0 Å². The van der Waals surface area contributed by atoms with E-state index in [2.05, 4.69) is 10.6 Å². The van der Waals surface area contributed by atoms with E-state index in [1.54, 1.807) is 11.9 Å². The van der Waals surface area contributed by atoms with E-state index in [-0.39, 0.29) is 12.0 Å². The predicted molar refractivity (Wildman–Crippen MR) is 54.2 cm³/mol. The van der Waals surface area contributed by atoms with Gasteiger partial charge in [-0.25, -0.2) is 0 Å². The summed E-state index contributed by atoms with van der Waals surface area (Å²) < 4.78 is 5.37. The fourth-order valence-corrected chi connectivity index (χ4v) is 1.36. The molecule has 0 radical (unpaired) electrons. The average Bonchev–Trinajstić information content (AvgIpc) is 2.26. The minimum Gasteiger partial charge on any atom is -0.366 e. The monoisotopic (exact) mass is 201 g/mol. The van der Waals surface area contributed by atoms with E-state index in [1.165, 1.54) is 0 Å². The molecule has 0 bridgehead atoms. The molecule has 0 saturated carbocycles. The van der Waals surface area contributed by atoms with Crippen LogP contribution < -0.4 is 10.6 Å². The molecule has 82 valence electrons. The van der Waals surface area contributed by atoms with Crippen molar-refractivity contribution >= 4 is 5.91 Å². The van der Waals surface area contributed by atoms with Gasteiger partial charge < -0.3 is 20.3 Å². The molecule has 5 nitrogen and oxygen atoms in total. The maximum atomic E-state index is 11.7. The van der Waals surface area contributed by atoms with E-state index in [0.717, 1.165) is 19.6 Å². The summed E-state index contributed by atoms with van der Waals surface area (Å²) in [7, 11) is 3.68. The lowest BCUT2D eigenvalue weighted by molar-refractivity contribution is -0.143. The number of nitrogens with one attached hydrogen (secondary N) is 2. The SMILES string of the molecule is CNCCN(C)C(=O)[C@H]1CNCCO1. The van der Waals surface area contributed by atoms with Crippen LogP contribution >= 0.6 is 0 Å². The third-order valence-electron chi connectivity index (χ3n) is 2.28. The second-order valence-corrected chi connectivity index (χ2v) is 3.43. The molecule has 1 heterocycles. The van der Waals surface area contributed by atoms with Gasteiger partial charge in [0.05, 0.1) is 6.61 Å². The zero-order valence-electron chi connectivity index (χ0n) is 8.88. The highest BCUT2D eigenvalue weighted by molar-refractivity contribution is 5.81. The molecule has 0 aromatic carbocycles. The van der Waals surface area contributed by atoms with Crippen molar-refractivity contribution in [2.45, 2.75) is 6.10 Å². The van der Waals surface area contributed by atoms with Crippen molar-refractivity contribution in [3.63, 3.8) is 0 Å². The van der Waals surface area contributed by atoms with Crippen LogP contribution in [0.5, 0.6) is 0 Å².